The summed E-state index contributed by atoms with van der Waals surface area (Å²) >= 11 is 0. The molecule has 3 rings (SSSR count). The van der Waals surface area contributed by atoms with Gasteiger partial charge in [0.15, 0.2) is 0 Å². The number of carbonyl (C=O) groups is 2. The number of nitrogens with zero attached hydrogens (tertiary/aromatic N) is 3. The Morgan fingerprint density at radius 2 is 1.85 bits per heavy atom. The lowest BCUT2D eigenvalue weighted by Crippen LogP contribution is -2.45. The summed E-state index contributed by atoms with van der Waals surface area (Å²) in [7, 11) is 1.28. The van der Waals surface area contributed by atoms with Gasteiger partial charge < -0.3 is 19.7 Å². The average molecular weight is 370 g/mol. The van der Waals surface area contributed by atoms with Gasteiger partial charge in [0.05, 0.1) is 36.8 Å². The Balaban J connectivity index is 1.64. The molecule has 2 unspecified atom stereocenters. The number of pyridine rings is 2. The van der Waals surface area contributed by atoms with Crippen molar-refractivity contribution in [3.05, 3.63) is 47.9 Å². The Bertz CT molecular complexity index is 797. The topological polar surface area (TPSA) is 93.7 Å². The van der Waals surface area contributed by atoms with E-state index in [1.165, 1.54) is 25.4 Å². The number of hydrogen-bond donors (Lipinski definition) is 1. The van der Waals surface area contributed by atoms with Gasteiger partial charge in [-0.2, -0.15) is 0 Å². The first kappa shape index (κ1) is 18.8. The Kier molecular flexibility index (Phi) is 5.66. The molecule has 1 saturated heterocycles. The third-order valence-corrected chi connectivity index (χ3v) is 4.17. The summed E-state index contributed by atoms with van der Waals surface area (Å²) in [6.07, 6.45) is 3.25. The van der Waals surface area contributed by atoms with Crippen molar-refractivity contribution in [2.75, 3.05) is 30.4 Å². The maximum absolute atomic E-state index is 12.3. The quantitative estimate of drug-likeness (QED) is 0.824. The second kappa shape index (κ2) is 8.13. The Morgan fingerprint density at radius 3 is 2.41 bits per heavy atom. The number of amides is 1. The molecule has 2 aromatic rings. The molecule has 0 saturated carbocycles. The maximum Gasteiger partial charge on any atom is 0.356 e. The van der Waals surface area contributed by atoms with Gasteiger partial charge in [0.1, 0.15) is 11.5 Å². The van der Waals surface area contributed by atoms with Gasteiger partial charge in [-0.25, -0.2) is 14.8 Å². The van der Waals surface area contributed by atoms with Crippen molar-refractivity contribution < 1.29 is 19.1 Å². The van der Waals surface area contributed by atoms with Gasteiger partial charge in [0.2, 0.25) is 0 Å². The van der Waals surface area contributed by atoms with Crippen LogP contribution in [0.1, 0.15) is 34.7 Å². The lowest BCUT2D eigenvalue weighted by molar-refractivity contribution is -0.00546. The van der Waals surface area contributed by atoms with E-state index >= 15 is 0 Å². The fraction of sp³-hybridized carbons (Fsp3) is 0.368. The molecule has 142 valence electrons. The van der Waals surface area contributed by atoms with E-state index in [0.717, 1.165) is 18.9 Å². The molecule has 2 atom stereocenters. The number of anilines is 2. The second-order valence-electron chi connectivity index (χ2n) is 6.45. The third-order valence-electron chi connectivity index (χ3n) is 4.17. The third kappa shape index (κ3) is 4.59. The summed E-state index contributed by atoms with van der Waals surface area (Å²) in [5.41, 5.74) is 1.06. The van der Waals surface area contributed by atoms with E-state index in [1.54, 1.807) is 12.3 Å². The van der Waals surface area contributed by atoms with Gasteiger partial charge in [-0.05, 0) is 38.1 Å². The predicted molar refractivity (Wildman–Crippen MR) is 100.0 cm³/mol. The van der Waals surface area contributed by atoms with Crippen LogP contribution in [0.2, 0.25) is 0 Å². The van der Waals surface area contributed by atoms with Crippen LogP contribution >= 0.6 is 0 Å². The molecule has 1 amide bonds. The minimum Gasteiger partial charge on any atom is -0.464 e. The molecule has 0 aromatic carbocycles. The number of aromatic nitrogens is 2. The fourth-order valence-electron chi connectivity index (χ4n) is 2.97. The zero-order valence-electron chi connectivity index (χ0n) is 15.5. The minimum atomic E-state index is -0.548. The molecule has 1 fully saturated rings. The monoisotopic (exact) mass is 370 g/mol. The molecular weight excluding hydrogens is 348 g/mol. The van der Waals surface area contributed by atoms with E-state index in [-0.39, 0.29) is 23.8 Å². The van der Waals surface area contributed by atoms with E-state index < -0.39 is 5.97 Å². The van der Waals surface area contributed by atoms with Gasteiger partial charge in [-0.1, -0.05) is 0 Å². The molecule has 0 radical (unpaired) electrons. The van der Waals surface area contributed by atoms with E-state index in [9.17, 15) is 9.59 Å². The predicted octanol–water partition coefficient (Wildman–Crippen LogP) is 2.13. The zero-order valence-corrected chi connectivity index (χ0v) is 15.5. The highest BCUT2D eigenvalue weighted by atomic mass is 16.5. The van der Waals surface area contributed by atoms with Crippen LogP contribution in [-0.2, 0) is 9.47 Å². The summed E-state index contributed by atoms with van der Waals surface area (Å²) in [6.45, 7) is 5.63. The van der Waals surface area contributed by atoms with Gasteiger partial charge in [-0.15, -0.1) is 0 Å². The van der Waals surface area contributed by atoms with Crippen molar-refractivity contribution in [2.45, 2.75) is 26.1 Å². The molecule has 1 aliphatic heterocycles. The van der Waals surface area contributed by atoms with Gasteiger partial charge in [0.25, 0.3) is 5.91 Å². The van der Waals surface area contributed by atoms with Crippen molar-refractivity contribution >= 4 is 23.4 Å². The minimum absolute atomic E-state index is 0.147. The van der Waals surface area contributed by atoms with Gasteiger partial charge >= 0.3 is 5.97 Å². The molecule has 1 aliphatic rings. The van der Waals surface area contributed by atoms with Gasteiger partial charge in [0, 0.05) is 19.3 Å². The van der Waals surface area contributed by atoms with E-state index in [1.807, 2.05) is 19.9 Å². The lowest BCUT2D eigenvalue weighted by atomic mass is 10.2. The first-order chi connectivity index (χ1) is 13.0. The van der Waals surface area contributed by atoms with Crippen LogP contribution in [0.3, 0.4) is 0 Å². The first-order valence-electron chi connectivity index (χ1n) is 8.68. The number of morpholine rings is 1. The van der Waals surface area contributed by atoms with Crippen LogP contribution in [0.5, 0.6) is 0 Å². The SMILES string of the molecule is COC(=O)c1ccc(C(=O)Nc2ccc(N3CC(C)OC(C)C3)nc2)cn1. The van der Waals surface area contributed by atoms with Crippen LogP contribution in [0.4, 0.5) is 11.5 Å². The Labute approximate surface area is 157 Å². The first-order valence-corrected chi connectivity index (χ1v) is 8.68. The van der Waals surface area contributed by atoms with Crippen LogP contribution < -0.4 is 10.2 Å². The molecule has 0 bridgehead atoms. The van der Waals surface area contributed by atoms with Crippen LogP contribution in [0, 0.1) is 0 Å². The standard InChI is InChI=1S/C19H22N4O4/c1-12-10-23(11-13(2)27-12)17-7-5-15(9-21-17)22-18(24)14-4-6-16(20-8-14)19(25)26-3/h4-9,12-13H,10-11H2,1-3H3,(H,22,24). The zero-order chi connectivity index (χ0) is 19.4. The summed E-state index contributed by atoms with van der Waals surface area (Å²) in [5, 5.41) is 2.77. The summed E-state index contributed by atoms with van der Waals surface area (Å²) in [5.74, 6) is -0.0327. The summed E-state index contributed by atoms with van der Waals surface area (Å²) < 4.78 is 10.3. The molecule has 3 heterocycles. The molecular formula is C19H22N4O4. The van der Waals surface area contributed by atoms with Crippen molar-refractivity contribution in [1.29, 1.82) is 0 Å². The number of rotatable bonds is 4. The molecule has 0 spiro atoms. The highest BCUT2D eigenvalue weighted by Crippen LogP contribution is 2.20. The Morgan fingerprint density at radius 1 is 1.11 bits per heavy atom. The normalized spacial score (nSPS) is 19.4. The molecule has 0 aliphatic carbocycles. The largest absolute Gasteiger partial charge is 0.464 e. The number of esters is 1. The number of ether oxygens (including phenoxy) is 2. The molecule has 8 nitrogen and oxygen atoms in total. The van der Waals surface area contributed by atoms with Crippen molar-refractivity contribution in [1.82, 2.24) is 9.97 Å². The van der Waals surface area contributed by atoms with Crippen molar-refractivity contribution in [3.63, 3.8) is 0 Å². The smallest absolute Gasteiger partial charge is 0.356 e. The maximum atomic E-state index is 12.3. The molecule has 27 heavy (non-hydrogen) atoms. The lowest BCUT2D eigenvalue weighted by Gasteiger charge is -2.36. The highest BCUT2D eigenvalue weighted by molar-refractivity contribution is 6.04. The average Bonchev–Trinajstić information content (AvgIpc) is 2.67. The van der Waals surface area contributed by atoms with Crippen molar-refractivity contribution in [3.8, 4) is 0 Å². The summed E-state index contributed by atoms with van der Waals surface area (Å²) in [6, 6.07) is 6.65. The number of methoxy groups -OCH3 is 1. The molecule has 8 heteroatoms. The Hall–Kier alpha value is -3.00. The van der Waals surface area contributed by atoms with E-state index in [4.69, 9.17) is 4.74 Å². The van der Waals surface area contributed by atoms with Crippen LogP contribution in [0.25, 0.3) is 0 Å². The molecule has 1 N–H and O–H groups in total. The fourth-order valence-corrected chi connectivity index (χ4v) is 2.97. The van der Waals surface area contributed by atoms with Gasteiger partial charge in [-0.3, -0.25) is 4.79 Å². The van der Waals surface area contributed by atoms with Crippen LogP contribution in [-0.4, -0.2) is 54.3 Å². The number of hydrogen-bond acceptors (Lipinski definition) is 7. The van der Waals surface area contributed by atoms with E-state index in [0.29, 0.717) is 11.3 Å². The van der Waals surface area contributed by atoms with Crippen LogP contribution in [0.15, 0.2) is 36.7 Å². The molecule has 2 aromatic heterocycles. The van der Waals surface area contributed by atoms with E-state index in [2.05, 4.69) is 24.9 Å². The number of carbonyl (C=O) groups excluding carboxylic acids is 2. The highest BCUT2D eigenvalue weighted by Gasteiger charge is 2.23. The summed E-state index contributed by atoms with van der Waals surface area (Å²) in [4.78, 5) is 34.2. The second-order valence-corrected chi connectivity index (χ2v) is 6.45. The number of nitrogens with one attached hydrogen (secondary N) is 1. The van der Waals surface area contributed by atoms with Crippen molar-refractivity contribution in [2.24, 2.45) is 0 Å².